The van der Waals surface area contributed by atoms with Crippen molar-refractivity contribution in [2.75, 3.05) is 0 Å². The first-order valence-electron chi connectivity index (χ1n) is 15.6. The van der Waals surface area contributed by atoms with Crippen LogP contribution in [0.15, 0.2) is 0 Å². The second kappa shape index (κ2) is 26.2. The van der Waals surface area contributed by atoms with Crippen LogP contribution in [0.4, 0.5) is 0 Å². The molecule has 35 heavy (non-hydrogen) atoms. The maximum absolute atomic E-state index is 12.7. The van der Waals surface area contributed by atoms with Crippen molar-refractivity contribution in [2.24, 2.45) is 0 Å². The predicted octanol–water partition coefficient (Wildman–Crippen LogP) is 9.47. The zero-order chi connectivity index (χ0) is 26.0. The van der Waals surface area contributed by atoms with E-state index in [4.69, 9.17) is 0 Å². The maximum Gasteiger partial charge on any atom is 0.231 e. The molecular weight excluding hydrogens is 434 g/mol. The lowest BCUT2D eigenvalue weighted by molar-refractivity contribution is -0.156. The molecule has 4 heteroatoms. The number of imide groups is 1. The van der Waals surface area contributed by atoms with Crippen LogP contribution in [0.3, 0.4) is 0 Å². The van der Waals surface area contributed by atoms with Crippen molar-refractivity contribution in [3.63, 3.8) is 0 Å². The number of aliphatic hydroxyl groups is 1. The highest BCUT2D eigenvalue weighted by Crippen LogP contribution is 2.16. The summed E-state index contributed by atoms with van der Waals surface area (Å²) in [6.45, 7) is 6.33. The van der Waals surface area contributed by atoms with Gasteiger partial charge < -0.3 is 5.11 Å². The molecule has 0 bridgehead atoms. The van der Waals surface area contributed by atoms with Gasteiger partial charge in [0.1, 0.15) is 6.23 Å². The fraction of sp³-hybridized carbons (Fsp3) is 0.935. The molecule has 0 spiro atoms. The van der Waals surface area contributed by atoms with Gasteiger partial charge in [-0.05, 0) is 19.3 Å². The van der Waals surface area contributed by atoms with E-state index in [1.807, 2.05) is 6.92 Å². The van der Waals surface area contributed by atoms with Crippen LogP contribution in [0.1, 0.15) is 181 Å². The van der Waals surface area contributed by atoms with Crippen LogP contribution in [0.25, 0.3) is 0 Å². The number of carbonyl (C=O) groups is 2. The SMILES string of the molecule is CCCCCCCCCCCCCC(=O)N(C(=O)CCCCCCCCCCCCC)C(O)CC. The third-order valence-electron chi connectivity index (χ3n) is 7.19. The number of unbranched alkanes of at least 4 members (excludes halogenated alkanes) is 20. The Labute approximate surface area is 219 Å². The van der Waals surface area contributed by atoms with E-state index in [9.17, 15) is 14.7 Å². The van der Waals surface area contributed by atoms with Crippen LogP contribution in [0, 0.1) is 0 Å². The van der Waals surface area contributed by atoms with Crippen LogP contribution in [0.5, 0.6) is 0 Å². The van der Waals surface area contributed by atoms with Gasteiger partial charge in [0.05, 0.1) is 0 Å². The van der Waals surface area contributed by atoms with E-state index in [2.05, 4.69) is 13.8 Å². The normalized spacial score (nSPS) is 12.1. The van der Waals surface area contributed by atoms with Crippen molar-refractivity contribution in [1.82, 2.24) is 4.90 Å². The minimum atomic E-state index is -0.976. The maximum atomic E-state index is 12.7. The van der Waals surface area contributed by atoms with E-state index < -0.39 is 6.23 Å². The molecule has 0 radical (unpaired) electrons. The molecule has 0 aliphatic heterocycles. The molecule has 4 nitrogen and oxygen atoms in total. The van der Waals surface area contributed by atoms with Gasteiger partial charge in [0.25, 0.3) is 0 Å². The Balaban J connectivity index is 3.91. The van der Waals surface area contributed by atoms with Gasteiger partial charge in [0.15, 0.2) is 0 Å². The number of aliphatic hydroxyl groups excluding tert-OH is 1. The molecule has 2 amide bonds. The lowest BCUT2D eigenvalue weighted by atomic mass is 10.0. The summed E-state index contributed by atoms with van der Waals surface area (Å²) >= 11 is 0. The van der Waals surface area contributed by atoms with E-state index >= 15 is 0 Å². The summed E-state index contributed by atoms with van der Waals surface area (Å²) < 4.78 is 0. The fourth-order valence-corrected chi connectivity index (χ4v) is 4.78. The van der Waals surface area contributed by atoms with Gasteiger partial charge in [-0.2, -0.15) is 0 Å². The highest BCUT2D eigenvalue weighted by Gasteiger charge is 2.26. The smallest absolute Gasteiger partial charge is 0.231 e. The number of hydrogen-bond acceptors (Lipinski definition) is 3. The highest BCUT2D eigenvalue weighted by molar-refractivity contribution is 5.95. The summed E-state index contributed by atoms with van der Waals surface area (Å²) in [7, 11) is 0. The molecule has 1 N–H and O–H groups in total. The van der Waals surface area contributed by atoms with E-state index in [1.54, 1.807) is 0 Å². The Morgan fingerprint density at radius 1 is 0.486 bits per heavy atom. The average Bonchev–Trinajstić information content (AvgIpc) is 2.85. The van der Waals surface area contributed by atoms with Crippen LogP contribution in [0.2, 0.25) is 0 Å². The lowest BCUT2D eigenvalue weighted by Crippen LogP contribution is -2.44. The standard InChI is InChI=1S/C31H61NO3/c1-4-7-9-11-13-15-17-19-21-23-25-27-30(34)32(29(33)6-3)31(35)28-26-24-22-20-18-16-14-12-10-8-5-2/h29,33H,4-28H2,1-3H3. The van der Waals surface area contributed by atoms with Gasteiger partial charge in [0, 0.05) is 12.8 Å². The van der Waals surface area contributed by atoms with Gasteiger partial charge in [-0.15, -0.1) is 0 Å². The number of hydrogen-bond donors (Lipinski definition) is 1. The quantitative estimate of drug-likeness (QED) is 0.0960. The third-order valence-corrected chi connectivity index (χ3v) is 7.19. The van der Waals surface area contributed by atoms with E-state index in [-0.39, 0.29) is 11.8 Å². The molecule has 0 aromatic heterocycles. The van der Waals surface area contributed by atoms with Crippen molar-refractivity contribution in [2.45, 2.75) is 188 Å². The largest absolute Gasteiger partial charge is 0.373 e. The first-order valence-corrected chi connectivity index (χ1v) is 15.6. The summed E-state index contributed by atoms with van der Waals surface area (Å²) in [5.74, 6) is -0.383. The molecule has 1 atom stereocenters. The number of carbonyl (C=O) groups excluding carboxylic acids is 2. The molecule has 0 saturated heterocycles. The predicted molar refractivity (Wildman–Crippen MR) is 150 cm³/mol. The summed E-state index contributed by atoms with van der Waals surface area (Å²) in [5, 5.41) is 10.3. The molecule has 0 aliphatic carbocycles. The molecule has 0 rings (SSSR count). The number of rotatable bonds is 26. The monoisotopic (exact) mass is 495 g/mol. The van der Waals surface area contributed by atoms with E-state index in [0.29, 0.717) is 19.3 Å². The van der Waals surface area contributed by atoms with Crippen molar-refractivity contribution >= 4 is 11.8 Å². The minimum Gasteiger partial charge on any atom is -0.373 e. The average molecular weight is 496 g/mol. The van der Waals surface area contributed by atoms with Gasteiger partial charge in [-0.3, -0.25) is 14.5 Å². The summed E-state index contributed by atoms with van der Waals surface area (Å²) in [6, 6.07) is 0. The van der Waals surface area contributed by atoms with Gasteiger partial charge in [-0.25, -0.2) is 0 Å². The number of amides is 2. The second-order valence-electron chi connectivity index (χ2n) is 10.6. The fourth-order valence-electron chi connectivity index (χ4n) is 4.78. The van der Waals surface area contributed by atoms with Gasteiger partial charge in [0.2, 0.25) is 11.8 Å². The zero-order valence-electron chi connectivity index (χ0n) is 24.0. The molecule has 1 unspecified atom stereocenters. The molecule has 208 valence electrons. The van der Waals surface area contributed by atoms with E-state index in [0.717, 1.165) is 43.4 Å². The lowest BCUT2D eigenvalue weighted by Gasteiger charge is -2.25. The molecular formula is C31H61NO3. The molecule has 0 aliphatic rings. The Kier molecular flexibility index (Phi) is 25.5. The van der Waals surface area contributed by atoms with Crippen LogP contribution < -0.4 is 0 Å². The first-order chi connectivity index (χ1) is 17.1. The molecule has 0 aromatic rings. The topological polar surface area (TPSA) is 57.6 Å². The molecule has 0 aromatic carbocycles. The van der Waals surface area contributed by atoms with Gasteiger partial charge in [-0.1, -0.05) is 149 Å². The Morgan fingerprint density at radius 2 is 0.743 bits per heavy atom. The van der Waals surface area contributed by atoms with Crippen molar-refractivity contribution in [3.8, 4) is 0 Å². The van der Waals surface area contributed by atoms with Crippen molar-refractivity contribution in [1.29, 1.82) is 0 Å². The van der Waals surface area contributed by atoms with Crippen molar-refractivity contribution in [3.05, 3.63) is 0 Å². The molecule has 0 fully saturated rings. The molecule has 0 saturated carbocycles. The summed E-state index contributed by atoms with van der Waals surface area (Å²) in [6.07, 6.45) is 27.4. The van der Waals surface area contributed by atoms with Crippen LogP contribution in [-0.4, -0.2) is 28.0 Å². The van der Waals surface area contributed by atoms with Gasteiger partial charge >= 0.3 is 0 Å². The zero-order valence-corrected chi connectivity index (χ0v) is 24.0. The Hall–Kier alpha value is -0.900. The van der Waals surface area contributed by atoms with E-state index in [1.165, 1.54) is 103 Å². The molecule has 0 heterocycles. The van der Waals surface area contributed by atoms with Crippen LogP contribution >= 0.6 is 0 Å². The Morgan fingerprint density at radius 3 is 1.00 bits per heavy atom. The van der Waals surface area contributed by atoms with Crippen LogP contribution in [-0.2, 0) is 9.59 Å². The summed E-state index contributed by atoms with van der Waals surface area (Å²) in [4.78, 5) is 26.5. The van der Waals surface area contributed by atoms with Crippen molar-refractivity contribution < 1.29 is 14.7 Å². The summed E-state index contributed by atoms with van der Waals surface area (Å²) in [5.41, 5.74) is 0. The first kappa shape index (κ1) is 34.1. The minimum absolute atomic E-state index is 0.191. The Bertz CT molecular complexity index is 442. The third kappa shape index (κ3) is 20.9. The second-order valence-corrected chi connectivity index (χ2v) is 10.6. The highest BCUT2D eigenvalue weighted by atomic mass is 16.3. The number of nitrogens with zero attached hydrogens (tertiary/aromatic N) is 1.